The number of hydrogen-bond donors (Lipinski definition) is 1. The molecule has 1 aromatic carbocycles. The zero-order chi connectivity index (χ0) is 13.9. The summed E-state index contributed by atoms with van der Waals surface area (Å²) in [6.45, 7) is 0.346. The second-order valence-electron chi connectivity index (χ2n) is 4.16. The van der Waals surface area contributed by atoms with Gasteiger partial charge in [0, 0.05) is 18.1 Å². The molecule has 0 unspecified atom stereocenters. The highest BCUT2D eigenvalue weighted by atomic mass is 16.6. The molecule has 2 aromatic rings. The zero-order valence-electron chi connectivity index (χ0n) is 10.4. The third-order valence-electron chi connectivity index (χ3n) is 3.00. The van der Waals surface area contributed by atoms with Gasteiger partial charge in [-0.05, 0) is 29.2 Å². The second-order valence-corrected chi connectivity index (χ2v) is 4.16. The van der Waals surface area contributed by atoms with Gasteiger partial charge in [-0.25, -0.2) is 0 Å². The summed E-state index contributed by atoms with van der Waals surface area (Å²) in [5.41, 5.74) is 4.84. The number of anilines is 2. The molecule has 3 rings (SSSR count). The SMILES string of the molecule is O=[N+]([O-])C1=NNCN(c2ccncc2)c2ccccc21. The Balaban J connectivity index is 2.13. The van der Waals surface area contributed by atoms with Crippen LogP contribution in [-0.4, -0.2) is 22.4 Å². The number of hydrogen-bond acceptors (Lipinski definition) is 6. The van der Waals surface area contributed by atoms with Crippen molar-refractivity contribution in [2.24, 2.45) is 5.10 Å². The highest BCUT2D eigenvalue weighted by Gasteiger charge is 2.26. The highest BCUT2D eigenvalue weighted by molar-refractivity contribution is 5.99. The van der Waals surface area contributed by atoms with Crippen molar-refractivity contribution in [2.75, 3.05) is 11.6 Å². The number of rotatable bonds is 1. The summed E-state index contributed by atoms with van der Waals surface area (Å²) in [5.74, 6) is -0.183. The summed E-state index contributed by atoms with van der Waals surface area (Å²) in [5, 5.41) is 15.0. The number of benzene rings is 1. The lowest BCUT2D eigenvalue weighted by atomic mass is 10.1. The Morgan fingerprint density at radius 3 is 2.70 bits per heavy atom. The molecule has 0 saturated carbocycles. The van der Waals surface area contributed by atoms with Gasteiger partial charge in [0.15, 0.2) is 0 Å². The van der Waals surface area contributed by atoms with Crippen LogP contribution in [0, 0.1) is 10.1 Å². The van der Waals surface area contributed by atoms with Crippen LogP contribution in [0.2, 0.25) is 0 Å². The van der Waals surface area contributed by atoms with E-state index in [1.165, 1.54) is 0 Å². The summed E-state index contributed by atoms with van der Waals surface area (Å²) >= 11 is 0. The molecular formula is C13H11N5O2. The van der Waals surface area contributed by atoms with Crippen molar-refractivity contribution >= 4 is 17.2 Å². The van der Waals surface area contributed by atoms with Gasteiger partial charge in [0.2, 0.25) is 0 Å². The Labute approximate surface area is 114 Å². The molecule has 0 amide bonds. The summed E-state index contributed by atoms with van der Waals surface area (Å²) < 4.78 is 0. The fourth-order valence-corrected chi connectivity index (χ4v) is 2.12. The van der Waals surface area contributed by atoms with Crippen LogP contribution in [0.25, 0.3) is 0 Å². The number of nitrogens with zero attached hydrogens (tertiary/aromatic N) is 4. The van der Waals surface area contributed by atoms with E-state index in [4.69, 9.17) is 0 Å². The molecule has 100 valence electrons. The van der Waals surface area contributed by atoms with Crippen LogP contribution in [0.15, 0.2) is 53.9 Å². The third kappa shape index (κ3) is 2.05. The van der Waals surface area contributed by atoms with Crippen molar-refractivity contribution in [1.82, 2.24) is 10.4 Å². The van der Waals surface area contributed by atoms with E-state index in [2.05, 4.69) is 15.5 Å². The van der Waals surface area contributed by atoms with Gasteiger partial charge in [-0.1, -0.05) is 12.1 Å². The van der Waals surface area contributed by atoms with Crippen LogP contribution in [0.1, 0.15) is 5.56 Å². The van der Waals surface area contributed by atoms with Crippen molar-refractivity contribution in [3.05, 3.63) is 64.5 Å². The van der Waals surface area contributed by atoms with Gasteiger partial charge in [0.25, 0.3) is 0 Å². The molecule has 0 fully saturated rings. The van der Waals surface area contributed by atoms with E-state index in [0.717, 1.165) is 11.4 Å². The van der Waals surface area contributed by atoms with Crippen molar-refractivity contribution in [2.45, 2.75) is 0 Å². The minimum atomic E-state index is -0.484. The summed E-state index contributed by atoms with van der Waals surface area (Å²) in [6.07, 6.45) is 3.36. The van der Waals surface area contributed by atoms with Crippen LogP contribution in [-0.2, 0) is 0 Å². The predicted octanol–water partition coefficient (Wildman–Crippen LogP) is 1.72. The summed E-state index contributed by atoms with van der Waals surface area (Å²) in [7, 11) is 0. The first-order chi connectivity index (χ1) is 9.77. The van der Waals surface area contributed by atoms with Crippen molar-refractivity contribution in [3.8, 4) is 0 Å². The maximum Gasteiger partial charge on any atom is 0.397 e. The monoisotopic (exact) mass is 269 g/mol. The first-order valence-electron chi connectivity index (χ1n) is 5.99. The van der Waals surface area contributed by atoms with Gasteiger partial charge in [0.05, 0.1) is 16.4 Å². The molecule has 0 saturated heterocycles. The van der Waals surface area contributed by atoms with Crippen molar-refractivity contribution in [3.63, 3.8) is 0 Å². The van der Waals surface area contributed by atoms with Gasteiger partial charge < -0.3 is 15.0 Å². The number of para-hydroxylation sites is 1. The molecule has 0 radical (unpaired) electrons. The fraction of sp³-hybridized carbons (Fsp3) is 0.0769. The van der Waals surface area contributed by atoms with E-state index in [-0.39, 0.29) is 5.84 Å². The standard InChI is InChI=1S/C13H11N5O2/c19-18(20)13-11-3-1-2-4-12(11)17(9-15-16-13)10-5-7-14-8-6-10/h1-8,15H,9H2. The number of amidine groups is 1. The Bertz CT molecular complexity index is 671. The molecule has 1 aliphatic heterocycles. The van der Waals surface area contributed by atoms with Crippen LogP contribution < -0.4 is 10.3 Å². The molecule has 2 heterocycles. The van der Waals surface area contributed by atoms with Crippen LogP contribution >= 0.6 is 0 Å². The Morgan fingerprint density at radius 1 is 1.20 bits per heavy atom. The highest BCUT2D eigenvalue weighted by Crippen LogP contribution is 2.29. The van der Waals surface area contributed by atoms with Crippen LogP contribution in [0.3, 0.4) is 0 Å². The van der Waals surface area contributed by atoms with E-state index in [0.29, 0.717) is 12.2 Å². The van der Waals surface area contributed by atoms with Crippen LogP contribution in [0.4, 0.5) is 11.4 Å². The predicted molar refractivity (Wildman–Crippen MR) is 74.4 cm³/mol. The number of fused-ring (bicyclic) bond motifs is 1. The molecule has 0 atom stereocenters. The molecule has 7 nitrogen and oxygen atoms in total. The summed E-state index contributed by atoms with van der Waals surface area (Å²) in [4.78, 5) is 16.5. The average Bonchev–Trinajstić information content (AvgIpc) is 2.68. The van der Waals surface area contributed by atoms with E-state index < -0.39 is 4.92 Å². The lowest BCUT2D eigenvalue weighted by Crippen LogP contribution is -2.26. The number of aromatic nitrogens is 1. The van der Waals surface area contributed by atoms with Gasteiger partial charge in [-0.15, -0.1) is 0 Å². The molecule has 1 aliphatic rings. The molecule has 0 spiro atoms. The molecule has 20 heavy (non-hydrogen) atoms. The van der Waals surface area contributed by atoms with Gasteiger partial charge in [0.1, 0.15) is 6.67 Å². The number of nitro groups is 1. The number of hydrazone groups is 1. The van der Waals surface area contributed by atoms with E-state index in [1.54, 1.807) is 24.5 Å². The maximum absolute atomic E-state index is 11.1. The van der Waals surface area contributed by atoms with Gasteiger partial charge in [-0.2, -0.15) is 5.43 Å². The molecular weight excluding hydrogens is 258 g/mol. The number of pyridine rings is 1. The van der Waals surface area contributed by atoms with E-state index in [9.17, 15) is 10.1 Å². The molecule has 7 heteroatoms. The molecule has 0 aliphatic carbocycles. The lowest BCUT2D eigenvalue weighted by Gasteiger charge is -2.22. The van der Waals surface area contributed by atoms with Gasteiger partial charge in [-0.3, -0.25) is 4.98 Å². The Kier molecular flexibility index (Phi) is 3.00. The maximum atomic E-state index is 11.1. The zero-order valence-corrected chi connectivity index (χ0v) is 10.4. The Hall–Kier alpha value is -2.96. The smallest absolute Gasteiger partial charge is 0.358 e. The quantitative estimate of drug-likeness (QED) is 0.629. The van der Waals surface area contributed by atoms with Crippen molar-refractivity contribution < 1.29 is 4.92 Å². The second kappa shape index (κ2) is 4.96. The lowest BCUT2D eigenvalue weighted by molar-refractivity contribution is -0.349. The first kappa shape index (κ1) is 12.1. The Morgan fingerprint density at radius 2 is 1.95 bits per heavy atom. The molecule has 0 bridgehead atoms. The molecule has 1 aromatic heterocycles. The average molecular weight is 269 g/mol. The third-order valence-corrected chi connectivity index (χ3v) is 3.00. The minimum Gasteiger partial charge on any atom is -0.358 e. The number of nitrogens with one attached hydrogen (secondary N) is 1. The molecule has 1 N–H and O–H groups in total. The van der Waals surface area contributed by atoms with Crippen molar-refractivity contribution in [1.29, 1.82) is 0 Å². The van der Waals surface area contributed by atoms with Gasteiger partial charge >= 0.3 is 5.84 Å². The topological polar surface area (TPSA) is 83.7 Å². The first-order valence-corrected chi connectivity index (χ1v) is 5.99. The normalized spacial score (nSPS) is 13.8. The largest absolute Gasteiger partial charge is 0.397 e. The van der Waals surface area contributed by atoms with E-state index >= 15 is 0 Å². The fourth-order valence-electron chi connectivity index (χ4n) is 2.12. The minimum absolute atomic E-state index is 0.183. The van der Waals surface area contributed by atoms with Crippen LogP contribution in [0.5, 0.6) is 0 Å². The van der Waals surface area contributed by atoms with E-state index in [1.807, 2.05) is 29.2 Å². The summed E-state index contributed by atoms with van der Waals surface area (Å²) in [6, 6.07) is 10.8.